The summed E-state index contributed by atoms with van der Waals surface area (Å²) in [5.41, 5.74) is 0. The largest absolute Gasteiger partial charge is 0.392 e. The summed E-state index contributed by atoms with van der Waals surface area (Å²) in [5, 5.41) is 7.76. The number of aliphatic hydroxyl groups excluding tert-OH is 1. The Bertz CT molecular complexity index is 20.9. The van der Waals surface area contributed by atoms with Crippen molar-refractivity contribution < 1.29 is 27.5 Å². The van der Waals surface area contributed by atoms with E-state index >= 15 is 0 Å². The van der Waals surface area contributed by atoms with E-state index in [2.05, 4.69) is 6.58 Å². The molecule has 0 amide bonds. The molecule has 0 bridgehead atoms. The summed E-state index contributed by atoms with van der Waals surface area (Å²) in [6, 6.07) is 0. The van der Waals surface area contributed by atoms with Gasteiger partial charge in [-0.15, -0.1) is 6.58 Å². The summed E-state index contributed by atoms with van der Waals surface area (Å²) >= 11 is 0. The van der Waals surface area contributed by atoms with E-state index in [1.54, 1.807) is 0 Å². The molecule has 0 aliphatic carbocycles. The maximum Gasteiger partial charge on any atom is 0.0609 e. The zero-order valence-electron chi connectivity index (χ0n) is 2.89. The van der Waals surface area contributed by atoms with Crippen LogP contribution >= 0.6 is 0 Å². The molecule has 0 aliphatic heterocycles. The summed E-state index contributed by atoms with van der Waals surface area (Å²) in [6.45, 7) is 3.31. The Labute approximate surface area is 47.2 Å². The van der Waals surface area contributed by atoms with Gasteiger partial charge in [-0.1, -0.05) is 6.08 Å². The fraction of sp³-hybridized carbons (Fsp3) is 0.333. The first-order valence-corrected chi connectivity index (χ1v) is 1.13. The summed E-state index contributed by atoms with van der Waals surface area (Å²) in [7, 11) is 0. The molecule has 0 fully saturated rings. The minimum atomic E-state index is 0. The summed E-state index contributed by atoms with van der Waals surface area (Å²) in [5.74, 6) is 0. The van der Waals surface area contributed by atoms with Gasteiger partial charge >= 0.3 is 0 Å². The molecule has 2 heteroatoms. The predicted octanol–water partition coefficient (Wildman–Crippen LogP) is 0.162. The Morgan fingerprint density at radius 2 is 2.00 bits per heavy atom. The SMILES string of the molecule is C=CCO.[Ta]. The molecule has 0 saturated heterocycles. The first kappa shape index (κ1) is 9.06. The van der Waals surface area contributed by atoms with Gasteiger partial charge in [0.05, 0.1) is 6.61 Å². The third kappa shape index (κ3) is 12.7. The van der Waals surface area contributed by atoms with Gasteiger partial charge in [0.15, 0.2) is 0 Å². The minimum absolute atomic E-state index is 0. The van der Waals surface area contributed by atoms with Crippen molar-refractivity contribution in [1.82, 2.24) is 0 Å². The normalized spacial score (nSPS) is 5.00. The average molecular weight is 239 g/mol. The van der Waals surface area contributed by atoms with Crippen molar-refractivity contribution in [1.29, 1.82) is 0 Å². The first-order chi connectivity index (χ1) is 1.91. The van der Waals surface area contributed by atoms with Crippen LogP contribution in [0.5, 0.6) is 0 Å². The second-order valence-electron chi connectivity index (χ2n) is 0.471. The molecule has 1 radical (unpaired) electrons. The van der Waals surface area contributed by atoms with E-state index in [0.717, 1.165) is 0 Å². The van der Waals surface area contributed by atoms with Gasteiger partial charge in [0.2, 0.25) is 0 Å². The maximum atomic E-state index is 7.76. The molecule has 0 aromatic heterocycles. The molecule has 1 N–H and O–H groups in total. The van der Waals surface area contributed by atoms with Crippen molar-refractivity contribution in [2.75, 3.05) is 6.61 Å². The van der Waals surface area contributed by atoms with Crippen LogP contribution in [-0.4, -0.2) is 11.7 Å². The molecule has 1 nitrogen and oxygen atoms in total. The second-order valence-corrected chi connectivity index (χ2v) is 0.471. The van der Waals surface area contributed by atoms with Crippen LogP contribution in [0.4, 0.5) is 0 Å². The van der Waals surface area contributed by atoms with E-state index in [0.29, 0.717) is 0 Å². The van der Waals surface area contributed by atoms with Gasteiger partial charge in [0.1, 0.15) is 0 Å². The molecule has 29 valence electrons. The standard InChI is InChI=1S/C3H6O.Ta/c1-2-3-4;/h2,4H,1,3H2;. The monoisotopic (exact) mass is 239 g/mol. The smallest absolute Gasteiger partial charge is 0.0609 e. The molecular weight excluding hydrogens is 233 g/mol. The molecule has 0 aliphatic rings. The van der Waals surface area contributed by atoms with E-state index in [1.807, 2.05) is 0 Å². The number of hydrogen-bond acceptors (Lipinski definition) is 1. The van der Waals surface area contributed by atoms with Gasteiger partial charge in [-0.25, -0.2) is 0 Å². The molecule has 0 atom stereocenters. The van der Waals surface area contributed by atoms with Gasteiger partial charge in [0, 0.05) is 22.4 Å². The number of rotatable bonds is 1. The van der Waals surface area contributed by atoms with Gasteiger partial charge < -0.3 is 5.11 Å². The van der Waals surface area contributed by atoms with Crippen LogP contribution in [0.3, 0.4) is 0 Å². The Hall–Kier alpha value is 0.440. The predicted molar refractivity (Wildman–Crippen MR) is 17.3 cm³/mol. The molecule has 0 aromatic carbocycles. The van der Waals surface area contributed by atoms with Crippen LogP contribution in [0.25, 0.3) is 0 Å². The van der Waals surface area contributed by atoms with Crippen molar-refractivity contribution in [3.05, 3.63) is 12.7 Å². The summed E-state index contributed by atoms with van der Waals surface area (Å²) in [4.78, 5) is 0. The maximum absolute atomic E-state index is 7.76. The summed E-state index contributed by atoms with van der Waals surface area (Å²) < 4.78 is 0. The van der Waals surface area contributed by atoms with E-state index in [9.17, 15) is 0 Å². The Morgan fingerprint density at radius 1 is 1.80 bits per heavy atom. The minimum Gasteiger partial charge on any atom is -0.392 e. The Kier molecular flexibility index (Phi) is 16.0. The van der Waals surface area contributed by atoms with Crippen LogP contribution in [0, 0.1) is 0 Å². The zero-order chi connectivity index (χ0) is 3.41. The van der Waals surface area contributed by atoms with Gasteiger partial charge in [0.25, 0.3) is 0 Å². The third-order valence-corrected chi connectivity index (χ3v) is 0.129. The van der Waals surface area contributed by atoms with Crippen molar-refractivity contribution in [2.24, 2.45) is 0 Å². The zero-order valence-corrected chi connectivity index (χ0v) is 6.10. The van der Waals surface area contributed by atoms with Gasteiger partial charge in [-0.3, -0.25) is 0 Å². The third-order valence-electron chi connectivity index (χ3n) is 0.129. The van der Waals surface area contributed by atoms with Crippen LogP contribution in [0.15, 0.2) is 12.7 Å². The van der Waals surface area contributed by atoms with Gasteiger partial charge in [-0.2, -0.15) is 0 Å². The van der Waals surface area contributed by atoms with Gasteiger partial charge in [-0.05, 0) is 0 Å². The fourth-order valence-corrected chi connectivity index (χ4v) is 0. The van der Waals surface area contributed by atoms with Crippen LogP contribution in [0.1, 0.15) is 0 Å². The Balaban J connectivity index is 0. The van der Waals surface area contributed by atoms with E-state index in [-0.39, 0.29) is 29.0 Å². The molecule has 0 aromatic rings. The molecule has 0 unspecified atom stereocenters. The molecule has 0 heterocycles. The molecule has 0 rings (SSSR count). The van der Waals surface area contributed by atoms with Crippen molar-refractivity contribution in [3.63, 3.8) is 0 Å². The number of hydrogen-bond donors (Lipinski definition) is 1. The van der Waals surface area contributed by atoms with E-state index in [1.165, 1.54) is 6.08 Å². The Morgan fingerprint density at radius 3 is 2.00 bits per heavy atom. The van der Waals surface area contributed by atoms with Crippen molar-refractivity contribution in [2.45, 2.75) is 0 Å². The molecule has 0 spiro atoms. The first-order valence-electron chi connectivity index (χ1n) is 1.13. The van der Waals surface area contributed by atoms with Crippen LogP contribution < -0.4 is 0 Å². The number of aliphatic hydroxyl groups is 1. The topological polar surface area (TPSA) is 20.2 Å². The summed E-state index contributed by atoms with van der Waals surface area (Å²) in [6.07, 6.45) is 1.43. The van der Waals surface area contributed by atoms with Crippen molar-refractivity contribution in [3.8, 4) is 0 Å². The molecule has 0 saturated carbocycles. The van der Waals surface area contributed by atoms with Crippen LogP contribution in [0.2, 0.25) is 0 Å². The quantitative estimate of drug-likeness (QED) is 0.646. The second kappa shape index (κ2) is 8.83. The average Bonchev–Trinajstić information content (AvgIpc) is 1.37. The van der Waals surface area contributed by atoms with Crippen LogP contribution in [-0.2, 0) is 22.4 Å². The van der Waals surface area contributed by atoms with E-state index in [4.69, 9.17) is 5.11 Å². The molecular formula is C3H6OTa. The van der Waals surface area contributed by atoms with E-state index < -0.39 is 0 Å². The molecule has 5 heavy (non-hydrogen) atoms. The fourth-order valence-electron chi connectivity index (χ4n) is 0. The van der Waals surface area contributed by atoms with Crippen molar-refractivity contribution >= 4 is 0 Å².